The van der Waals surface area contributed by atoms with Crippen molar-refractivity contribution >= 4 is 5.91 Å². The van der Waals surface area contributed by atoms with Crippen LogP contribution >= 0.6 is 0 Å². The molecule has 2 unspecified atom stereocenters. The van der Waals surface area contributed by atoms with Crippen LogP contribution in [0, 0.1) is 0 Å². The van der Waals surface area contributed by atoms with Gasteiger partial charge in [0.25, 0.3) is 0 Å². The minimum atomic E-state index is -1.57. The van der Waals surface area contributed by atoms with Gasteiger partial charge in [-0.25, -0.2) is 0 Å². The van der Waals surface area contributed by atoms with Crippen molar-refractivity contribution in [3.63, 3.8) is 0 Å². The summed E-state index contributed by atoms with van der Waals surface area (Å²) in [6, 6.07) is -0.814. The van der Waals surface area contributed by atoms with Crippen LogP contribution in [0.1, 0.15) is 181 Å². The normalized spacial score (nSPS) is 22.2. The van der Waals surface area contributed by atoms with Crippen molar-refractivity contribution in [2.45, 2.75) is 224 Å². The predicted molar refractivity (Wildman–Crippen MR) is 207 cm³/mol. The molecule has 1 heterocycles. The van der Waals surface area contributed by atoms with E-state index in [1.807, 2.05) is 6.08 Å². The molecule has 1 rings (SSSR count). The smallest absolute Gasteiger partial charge is 0.220 e. The Labute approximate surface area is 311 Å². The van der Waals surface area contributed by atoms with Gasteiger partial charge in [-0.15, -0.1) is 0 Å². The molecule has 0 aliphatic carbocycles. The Morgan fingerprint density at radius 3 is 1.65 bits per heavy atom. The number of carbonyl (C=O) groups excluding carboxylic acids is 1. The maximum Gasteiger partial charge on any atom is 0.220 e. The van der Waals surface area contributed by atoms with Crippen LogP contribution in [0.25, 0.3) is 0 Å². The van der Waals surface area contributed by atoms with Gasteiger partial charge in [0, 0.05) is 6.42 Å². The maximum absolute atomic E-state index is 12.9. The summed E-state index contributed by atoms with van der Waals surface area (Å²) in [4.78, 5) is 12.9. The average molecular weight is 726 g/mol. The van der Waals surface area contributed by atoms with Crippen LogP contribution in [0.15, 0.2) is 24.3 Å². The Morgan fingerprint density at radius 1 is 0.647 bits per heavy atom. The Morgan fingerprint density at radius 2 is 1.12 bits per heavy atom. The number of carbonyl (C=O) groups is 1. The fourth-order valence-corrected chi connectivity index (χ4v) is 6.58. The van der Waals surface area contributed by atoms with Gasteiger partial charge in [0.05, 0.1) is 25.4 Å². The third-order valence-electron chi connectivity index (χ3n) is 10.0. The first-order chi connectivity index (χ1) is 24.8. The number of aliphatic hydroxyl groups is 5. The highest BCUT2D eigenvalue weighted by atomic mass is 16.7. The minimum Gasteiger partial charge on any atom is -0.394 e. The van der Waals surface area contributed by atoms with E-state index in [0.29, 0.717) is 6.42 Å². The van der Waals surface area contributed by atoms with Crippen molar-refractivity contribution in [3.8, 4) is 0 Å². The topological polar surface area (TPSA) is 149 Å². The maximum atomic E-state index is 12.9. The standard InChI is InChI=1S/C42H79NO8/c1-3-5-7-9-11-13-15-17-18-19-20-22-24-26-28-30-32-38(46)43-35(34-50-42-41(49)40(48)39(47)37(33-44)51-42)36(45)31-29-27-25-23-21-16-14-12-10-8-6-4-2/h21,23,29,31,35-37,39-42,44-45,47-49H,3-20,22,24-28,30,32-34H2,1-2H3,(H,43,46)/b23-21+,31-29+/t35-,36+,37-,39-,40?,41?,42-/m0/s1. The molecule has 300 valence electrons. The summed E-state index contributed by atoms with van der Waals surface area (Å²) in [5.41, 5.74) is 0. The lowest BCUT2D eigenvalue weighted by Crippen LogP contribution is -2.60. The Kier molecular flexibility index (Phi) is 31.1. The molecular weight excluding hydrogens is 646 g/mol. The number of unbranched alkanes of at least 4 members (excludes halogenated alkanes) is 22. The van der Waals surface area contributed by atoms with Crippen molar-refractivity contribution in [1.82, 2.24) is 5.32 Å². The first-order valence-corrected chi connectivity index (χ1v) is 21.1. The predicted octanol–water partition coefficient (Wildman–Crippen LogP) is 7.94. The average Bonchev–Trinajstić information content (AvgIpc) is 3.13. The molecule has 9 nitrogen and oxygen atoms in total. The number of ether oxygens (including phenoxy) is 2. The summed E-state index contributed by atoms with van der Waals surface area (Å²) < 4.78 is 11.2. The van der Waals surface area contributed by atoms with Crippen molar-refractivity contribution < 1.29 is 39.8 Å². The Bertz CT molecular complexity index is 853. The summed E-state index contributed by atoms with van der Waals surface area (Å²) in [6.45, 7) is 3.73. The number of aliphatic hydroxyl groups excluding tert-OH is 5. The van der Waals surface area contributed by atoms with Gasteiger partial charge in [-0.1, -0.05) is 167 Å². The minimum absolute atomic E-state index is 0.187. The fraction of sp³-hybridized carbons (Fsp3) is 0.881. The number of rotatable bonds is 34. The zero-order valence-corrected chi connectivity index (χ0v) is 32.6. The molecule has 0 aromatic heterocycles. The number of nitrogens with one attached hydrogen (secondary N) is 1. The van der Waals surface area contributed by atoms with Gasteiger partial charge in [-0.05, 0) is 32.1 Å². The molecule has 0 aromatic carbocycles. The molecule has 0 aromatic rings. The molecule has 51 heavy (non-hydrogen) atoms. The van der Waals surface area contributed by atoms with Gasteiger partial charge in [0.15, 0.2) is 6.29 Å². The van der Waals surface area contributed by atoms with Crippen LogP contribution in [-0.4, -0.2) is 87.5 Å². The van der Waals surface area contributed by atoms with Gasteiger partial charge in [0.1, 0.15) is 24.4 Å². The van der Waals surface area contributed by atoms with Crippen molar-refractivity contribution in [2.75, 3.05) is 13.2 Å². The summed E-state index contributed by atoms with van der Waals surface area (Å²) in [5, 5.41) is 54.0. The molecule has 0 radical (unpaired) electrons. The molecular formula is C42H79NO8. The molecule has 0 spiro atoms. The molecule has 1 aliphatic heterocycles. The molecule has 0 bridgehead atoms. The zero-order valence-electron chi connectivity index (χ0n) is 32.6. The quantitative estimate of drug-likeness (QED) is 0.0289. The van der Waals surface area contributed by atoms with Crippen LogP contribution in [0.4, 0.5) is 0 Å². The van der Waals surface area contributed by atoms with Crippen LogP contribution in [0.3, 0.4) is 0 Å². The lowest BCUT2D eigenvalue weighted by Gasteiger charge is -2.40. The number of amides is 1. The van der Waals surface area contributed by atoms with Gasteiger partial charge >= 0.3 is 0 Å². The first kappa shape index (κ1) is 47.7. The molecule has 9 heteroatoms. The molecule has 1 amide bonds. The van der Waals surface area contributed by atoms with Gasteiger partial charge in [-0.3, -0.25) is 4.79 Å². The number of hydrogen-bond acceptors (Lipinski definition) is 8. The van der Waals surface area contributed by atoms with Crippen molar-refractivity contribution in [3.05, 3.63) is 24.3 Å². The zero-order chi connectivity index (χ0) is 37.4. The second-order valence-corrected chi connectivity index (χ2v) is 14.8. The summed E-state index contributed by atoms with van der Waals surface area (Å²) in [5.74, 6) is -0.187. The highest BCUT2D eigenvalue weighted by Gasteiger charge is 2.44. The van der Waals surface area contributed by atoms with E-state index in [1.54, 1.807) is 6.08 Å². The largest absolute Gasteiger partial charge is 0.394 e. The first-order valence-electron chi connectivity index (χ1n) is 21.1. The number of hydrogen-bond donors (Lipinski definition) is 6. The molecule has 1 saturated heterocycles. The van der Waals surface area contributed by atoms with Gasteiger partial charge in [-0.2, -0.15) is 0 Å². The highest BCUT2D eigenvalue weighted by molar-refractivity contribution is 5.76. The fourth-order valence-electron chi connectivity index (χ4n) is 6.58. The highest BCUT2D eigenvalue weighted by Crippen LogP contribution is 2.22. The summed E-state index contributed by atoms with van der Waals surface area (Å²) >= 11 is 0. The summed E-state index contributed by atoms with van der Waals surface area (Å²) in [7, 11) is 0. The third-order valence-corrected chi connectivity index (χ3v) is 10.0. The van der Waals surface area contributed by atoms with Crippen LogP contribution in [0.5, 0.6) is 0 Å². The van der Waals surface area contributed by atoms with Crippen LogP contribution in [-0.2, 0) is 14.3 Å². The van der Waals surface area contributed by atoms with E-state index in [1.165, 1.54) is 122 Å². The molecule has 7 atom stereocenters. The Balaban J connectivity index is 2.41. The summed E-state index contributed by atoms with van der Waals surface area (Å²) in [6.07, 6.45) is 30.8. The van der Waals surface area contributed by atoms with Crippen LogP contribution < -0.4 is 5.32 Å². The van der Waals surface area contributed by atoms with Crippen molar-refractivity contribution in [1.29, 1.82) is 0 Å². The van der Waals surface area contributed by atoms with E-state index < -0.39 is 49.5 Å². The SMILES string of the molecule is CCCCCCCC/C=C/CC/C=C/[C@@H](O)[C@H](CO[C@H]1O[C@@H](CO)[C@H](O)C(O)C1O)NC(=O)CCCCCCCCCCCCCCCCCC. The molecule has 0 saturated carbocycles. The molecule has 1 aliphatic rings. The number of allylic oxidation sites excluding steroid dienone is 3. The van der Waals surface area contributed by atoms with Gasteiger partial charge in [0.2, 0.25) is 5.91 Å². The van der Waals surface area contributed by atoms with E-state index in [0.717, 1.165) is 38.5 Å². The second-order valence-electron chi connectivity index (χ2n) is 14.8. The van der Waals surface area contributed by atoms with E-state index >= 15 is 0 Å². The lowest BCUT2D eigenvalue weighted by atomic mass is 9.99. The van der Waals surface area contributed by atoms with Gasteiger partial charge < -0.3 is 40.3 Å². The molecule has 6 N–H and O–H groups in total. The lowest BCUT2D eigenvalue weighted by molar-refractivity contribution is -0.302. The second kappa shape index (κ2) is 33.3. The Hall–Kier alpha value is -1.33. The van der Waals surface area contributed by atoms with E-state index in [-0.39, 0.29) is 12.5 Å². The van der Waals surface area contributed by atoms with E-state index in [9.17, 15) is 30.3 Å². The van der Waals surface area contributed by atoms with Crippen LogP contribution in [0.2, 0.25) is 0 Å². The third kappa shape index (κ3) is 24.6. The van der Waals surface area contributed by atoms with E-state index in [2.05, 4.69) is 31.3 Å². The van der Waals surface area contributed by atoms with Crippen molar-refractivity contribution in [2.24, 2.45) is 0 Å². The molecule has 1 fully saturated rings. The van der Waals surface area contributed by atoms with E-state index in [4.69, 9.17) is 9.47 Å². The monoisotopic (exact) mass is 726 g/mol.